The number of thioether (sulfide) groups is 1. The third-order valence-corrected chi connectivity index (χ3v) is 4.91. The molecule has 0 aromatic heterocycles. The summed E-state index contributed by atoms with van der Waals surface area (Å²) in [7, 11) is 0. The number of hydrogen-bond acceptors (Lipinski definition) is 4. The van der Waals surface area contributed by atoms with E-state index in [4.69, 9.17) is 0 Å². The monoisotopic (exact) mass is 271 g/mol. The number of nitrogens with one attached hydrogen (secondary N) is 2. The molecule has 0 aromatic carbocycles. The summed E-state index contributed by atoms with van der Waals surface area (Å²) in [5, 5.41) is 6.43. The van der Waals surface area contributed by atoms with E-state index in [1.54, 1.807) is 0 Å². The molecule has 2 heterocycles. The average molecular weight is 271 g/mol. The molecule has 0 bridgehead atoms. The van der Waals surface area contributed by atoms with Gasteiger partial charge in [-0.2, -0.15) is 11.8 Å². The van der Waals surface area contributed by atoms with Crippen molar-refractivity contribution < 1.29 is 4.79 Å². The Kier molecular flexibility index (Phi) is 5.33. The molecule has 18 heavy (non-hydrogen) atoms. The van der Waals surface area contributed by atoms with E-state index in [1.165, 1.54) is 24.6 Å². The van der Waals surface area contributed by atoms with Gasteiger partial charge in [0.25, 0.3) is 0 Å². The number of hydrogen-bond donors (Lipinski definition) is 2. The molecule has 104 valence electrons. The Morgan fingerprint density at radius 3 is 2.89 bits per heavy atom. The van der Waals surface area contributed by atoms with Crippen LogP contribution in [0.5, 0.6) is 0 Å². The molecule has 2 aliphatic heterocycles. The molecule has 1 amide bonds. The molecule has 0 radical (unpaired) electrons. The maximum absolute atomic E-state index is 12.2. The average Bonchev–Trinajstić information content (AvgIpc) is 2.41. The minimum atomic E-state index is -0.198. The lowest BCUT2D eigenvalue weighted by Gasteiger charge is -2.33. The van der Waals surface area contributed by atoms with Gasteiger partial charge >= 0.3 is 0 Å². The van der Waals surface area contributed by atoms with Crippen LogP contribution in [0.3, 0.4) is 0 Å². The second-order valence-corrected chi connectivity index (χ2v) is 6.78. The van der Waals surface area contributed by atoms with Gasteiger partial charge in [-0.05, 0) is 26.3 Å². The summed E-state index contributed by atoms with van der Waals surface area (Å²) >= 11 is 2.02. The number of rotatable bonds is 4. The zero-order chi connectivity index (χ0) is 12.8. The number of amides is 1. The van der Waals surface area contributed by atoms with Gasteiger partial charge in [-0.15, -0.1) is 0 Å². The summed E-state index contributed by atoms with van der Waals surface area (Å²) in [5.74, 6) is 2.69. The molecule has 0 saturated carbocycles. The minimum Gasteiger partial charge on any atom is -0.354 e. The predicted molar refractivity (Wildman–Crippen MR) is 77.0 cm³/mol. The fraction of sp³-hybridized carbons (Fsp3) is 0.923. The summed E-state index contributed by atoms with van der Waals surface area (Å²) in [6, 6.07) is 0. The third kappa shape index (κ3) is 3.87. The largest absolute Gasteiger partial charge is 0.354 e. The first-order valence-electron chi connectivity index (χ1n) is 7.00. The van der Waals surface area contributed by atoms with E-state index in [9.17, 15) is 4.79 Å². The normalized spacial score (nSPS) is 30.1. The van der Waals surface area contributed by atoms with Crippen molar-refractivity contribution in [2.24, 2.45) is 5.41 Å². The molecule has 0 spiro atoms. The molecule has 1 unspecified atom stereocenters. The van der Waals surface area contributed by atoms with Crippen LogP contribution < -0.4 is 10.6 Å². The van der Waals surface area contributed by atoms with Gasteiger partial charge in [0.15, 0.2) is 0 Å². The highest BCUT2D eigenvalue weighted by Gasteiger charge is 2.34. The van der Waals surface area contributed by atoms with E-state index >= 15 is 0 Å². The first kappa shape index (κ1) is 14.2. The van der Waals surface area contributed by atoms with Crippen LogP contribution in [-0.4, -0.2) is 61.6 Å². The Labute approximate surface area is 114 Å². The smallest absolute Gasteiger partial charge is 0.227 e. The number of carbonyl (C=O) groups excluding carboxylic acids is 1. The molecule has 0 aliphatic carbocycles. The Bertz CT molecular complexity index is 273. The molecule has 0 aromatic rings. The molecular formula is C13H25N3OS. The van der Waals surface area contributed by atoms with Crippen LogP contribution in [0.25, 0.3) is 0 Å². The predicted octanol–water partition coefficient (Wildman–Crippen LogP) is 0.541. The summed E-state index contributed by atoms with van der Waals surface area (Å²) in [6.07, 6.45) is 2.11. The maximum Gasteiger partial charge on any atom is 0.227 e. The van der Waals surface area contributed by atoms with Crippen LogP contribution in [0.2, 0.25) is 0 Å². The topological polar surface area (TPSA) is 44.4 Å². The Hall–Kier alpha value is -0.260. The van der Waals surface area contributed by atoms with E-state index < -0.39 is 0 Å². The van der Waals surface area contributed by atoms with Gasteiger partial charge in [0.05, 0.1) is 5.41 Å². The summed E-state index contributed by atoms with van der Waals surface area (Å²) in [5.41, 5.74) is -0.198. The van der Waals surface area contributed by atoms with Gasteiger partial charge in [-0.25, -0.2) is 0 Å². The van der Waals surface area contributed by atoms with Gasteiger partial charge in [0.2, 0.25) is 5.91 Å². The third-order valence-electron chi connectivity index (χ3n) is 3.96. The second-order valence-electron chi connectivity index (χ2n) is 5.55. The number of carbonyl (C=O) groups is 1. The zero-order valence-electron chi connectivity index (χ0n) is 11.3. The maximum atomic E-state index is 12.2. The van der Waals surface area contributed by atoms with Crippen LogP contribution >= 0.6 is 11.8 Å². The van der Waals surface area contributed by atoms with E-state index in [2.05, 4.69) is 22.5 Å². The van der Waals surface area contributed by atoms with Gasteiger partial charge < -0.3 is 10.6 Å². The van der Waals surface area contributed by atoms with Crippen LogP contribution in [0, 0.1) is 5.41 Å². The molecule has 2 rings (SSSR count). The van der Waals surface area contributed by atoms with Crippen molar-refractivity contribution in [1.82, 2.24) is 15.5 Å². The highest BCUT2D eigenvalue weighted by Crippen LogP contribution is 2.25. The van der Waals surface area contributed by atoms with Crippen molar-refractivity contribution in [3.63, 3.8) is 0 Å². The van der Waals surface area contributed by atoms with Crippen molar-refractivity contribution in [3.8, 4) is 0 Å². The van der Waals surface area contributed by atoms with Crippen molar-refractivity contribution in [2.45, 2.75) is 19.8 Å². The Balaban J connectivity index is 1.67. The lowest BCUT2D eigenvalue weighted by Crippen LogP contribution is -2.50. The zero-order valence-corrected chi connectivity index (χ0v) is 12.2. The van der Waals surface area contributed by atoms with Crippen molar-refractivity contribution >= 4 is 17.7 Å². The van der Waals surface area contributed by atoms with E-state index in [0.717, 1.165) is 39.0 Å². The van der Waals surface area contributed by atoms with Gasteiger partial charge in [-0.3, -0.25) is 9.69 Å². The first-order chi connectivity index (χ1) is 8.71. The van der Waals surface area contributed by atoms with Gasteiger partial charge in [0, 0.05) is 44.2 Å². The lowest BCUT2D eigenvalue weighted by molar-refractivity contribution is -0.131. The molecule has 2 aliphatic rings. The molecule has 5 heteroatoms. The molecule has 4 nitrogen and oxygen atoms in total. The number of piperidine rings is 1. The molecule has 1 atom stereocenters. The van der Waals surface area contributed by atoms with Crippen molar-refractivity contribution in [1.29, 1.82) is 0 Å². The van der Waals surface area contributed by atoms with Gasteiger partial charge in [0.1, 0.15) is 0 Å². The van der Waals surface area contributed by atoms with E-state index in [0.29, 0.717) is 0 Å². The Morgan fingerprint density at radius 1 is 1.44 bits per heavy atom. The summed E-state index contributed by atoms with van der Waals surface area (Å²) in [4.78, 5) is 14.6. The highest BCUT2D eigenvalue weighted by atomic mass is 32.2. The highest BCUT2D eigenvalue weighted by molar-refractivity contribution is 7.99. The lowest BCUT2D eigenvalue weighted by atomic mass is 9.82. The SMILES string of the molecule is CC1(C(=O)NCCN2CCSCC2)CCCNC1. The molecule has 2 fully saturated rings. The first-order valence-corrected chi connectivity index (χ1v) is 8.15. The van der Waals surface area contributed by atoms with Gasteiger partial charge in [-0.1, -0.05) is 0 Å². The van der Waals surface area contributed by atoms with Crippen LogP contribution in [0.1, 0.15) is 19.8 Å². The fourth-order valence-electron chi connectivity index (χ4n) is 2.62. The second kappa shape index (κ2) is 6.78. The van der Waals surface area contributed by atoms with Crippen LogP contribution in [0.4, 0.5) is 0 Å². The summed E-state index contributed by atoms with van der Waals surface area (Å²) < 4.78 is 0. The fourth-order valence-corrected chi connectivity index (χ4v) is 3.59. The minimum absolute atomic E-state index is 0.198. The van der Waals surface area contributed by atoms with Crippen LogP contribution in [-0.2, 0) is 4.79 Å². The van der Waals surface area contributed by atoms with E-state index in [1.807, 2.05) is 11.8 Å². The van der Waals surface area contributed by atoms with Crippen molar-refractivity contribution in [2.75, 3.05) is 50.8 Å². The quantitative estimate of drug-likeness (QED) is 0.783. The standard InChI is InChI=1S/C13H25N3OS/c1-13(3-2-4-14-11-13)12(17)15-5-6-16-7-9-18-10-8-16/h14H,2-11H2,1H3,(H,15,17). The molecular weight excluding hydrogens is 246 g/mol. The summed E-state index contributed by atoms with van der Waals surface area (Å²) in [6.45, 7) is 8.06. The van der Waals surface area contributed by atoms with E-state index in [-0.39, 0.29) is 11.3 Å². The molecule has 2 N–H and O–H groups in total. The Morgan fingerprint density at radius 2 is 2.22 bits per heavy atom. The molecule has 2 saturated heterocycles. The number of nitrogens with zero attached hydrogens (tertiary/aromatic N) is 1. The van der Waals surface area contributed by atoms with Crippen molar-refractivity contribution in [3.05, 3.63) is 0 Å². The van der Waals surface area contributed by atoms with Crippen LogP contribution in [0.15, 0.2) is 0 Å².